The van der Waals surface area contributed by atoms with E-state index in [2.05, 4.69) is 24.2 Å². The molecule has 70 valence electrons. The van der Waals surface area contributed by atoms with Crippen LogP contribution in [0.15, 0.2) is 24.3 Å². The van der Waals surface area contributed by atoms with Gasteiger partial charge in [0.25, 0.3) is 0 Å². The summed E-state index contributed by atoms with van der Waals surface area (Å²) in [5.41, 5.74) is 0. The lowest BCUT2D eigenvalue weighted by atomic mass is 10.2. The van der Waals surface area contributed by atoms with Crippen LogP contribution in [0.3, 0.4) is 0 Å². The van der Waals surface area contributed by atoms with E-state index in [4.69, 9.17) is 0 Å². The Hall–Kier alpha value is -1.41. The fraction of sp³-hybridized carbons (Fsp3) is 0.0833. The highest BCUT2D eigenvalue weighted by atomic mass is 32.1. The molecule has 0 radical (unpaired) electrons. The minimum absolute atomic E-state index is 0.851. The van der Waals surface area contributed by atoms with Gasteiger partial charge in [0.2, 0.25) is 0 Å². The van der Waals surface area contributed by atoms with Crippen LogP contribution in [-0.4, -0.2) is 4.98 Å². The number of nitrogens with zero attached hydrogens (tertiary/aromatic N) is 1. The van der Waals surface area contributed by atoms with Crippen molar-refractivity contribution in [1.29, 1.82) is 0 Å². The molecule has 0 aliphatic heterocycles. The zero-order chi connectivity index (χ0) is 10.1. The molecular weight excluding hydrogens is 190 g/mol. The summed E-state index contributed by atoms with van der Waals surface area (Å²) in [6.45, 7) is 9.92. The van der Waals surface area contributed by atoms with E-state index >= 15 is 0 Å². The summed E-state index contributed by atoms with van der Waals surface area (Å²) in [6, 6.07) is 8.06. The highest BCUT2D eigenvalue weighted by Gasteiger charge is 1.93. The van der Waals surface area contributed by atoms with Crippen LogP contribution >= 0.6 is 11.3 Å². The Bertz CT molecular complexity index is 640. The standard InChI is InChI=1S/C12H11NS/c1-8-6-4-5-7-11(8)12-9(2)13-10(3)14-12/h4-7H,1-2H2,3H3/b12-11+. The number of aryl methyl sites for hydroxylation is 1. The lowest BCUT2D eigenvalue weighted by Crippen LogP contribution is -2.05. The molecule has 0 unspecified atom stereocenters. The van der Waals surface area contributed by atoms with Crippen molar-refractivity contribution in [1.82, 2.24) is 4.98 Å². The van der Waals surface area contributed by atoms with E-state index in [-0.39, 0.29) is 0 Å². The molecule has 0 spiro atoms. The number of rotatable bonds is 0. The maximum Gasteiger partial charge on any atom is 0.0907 e. The topological polar surface area (TPSA) is 12.9 Å². The Balaban J connectivity index is 3.13. The lowest BCUT2D eigenvalue weighted by Gasteiger charge is -1.84. The average molecular weight is 201 g/mol. The van der Waals surface area contributed by atoms with Gasteiger partial charge in [-0.3, -0.25) is 0 Å². The third-order valence-electron chi connectivity index (χ3n) is 2.07. The SMILES string of the molecule is C=c1cccc/c1=c1\sc(C)nc1=C. The number of hydrogen-bond acceptors (Lipinski definition) is 2. The maximum absolute atomic E-state index is 4.31. The summed E-state index contributed by atoms with van der Waals surface area (Å²) >= 11 is 1.67. The van der Waals surface area contributed by atoms with Crippen molar-refractivity contribution in [2.24, 2.45) is 0 Å². The first-order chi connectivity index (χ1) is 6.68. The van der Waals surface area contributed by atoms with Gasteiger partial charge in [0.15, 0.2) is 0 Å². The first-order valence-corrected chi connectivity index (χ1v) is 5.21. The van der Waals surface area contributed by atoms with Crippen LogP contribution in [0.25, 0.3) is 13.2 Å². The number of aromatic nitrogens is 1. The van der Waals surface area contributed by atoms with Gasteiger partial charge in [-0.1, -0.05) is 37.4 Å². The average Bonchev–Trinajstić information content (AvgIpc) is 2.46. The minimum atomic E-state index is 0.851. The molecule has 2 aromatic rings. The molecule has 0 fully saturated rings. The van der Waals surface area contributed by atoms with Gasteiger partial charge in [0.05, 0.1) is 14.9 Å². The zero-order valence-electron chi connectivity index (χ0n) is 8.08. The van der Waals surface area contributed by atoms with Gasteiger partial charge < -0.3 is 0 Å². The fourth-order valence-electron chi connectivity index (χ4n) is 1.42. The highest BCUT2D eigenvalue weighted by molar-refractivity contribution is 7.09. The van der Waals surface area contributed by atoms with Crippen molar-refractivity contribution < 1.29 is 0 Å². The maximum atomic E-state index is 4.31. The third kappa shape index (κ3) is 1.49. The van der Waals surface area contributed by atoms with Gasteiger partial charge in [-0.05, 0) is 12.1 Å². The summed E-state index contributed by atoms with van der Waals surface area (Å²) in [7, 11) is 0. The molecule has 14 heavy (non-hydrogen) atoms. The van der Waals surface area contributed by atoms with E-state index in [0.717, 1.165) is 25.3 Å². The third-order valence-corrected chi connectivity index (χ3v) is 3.11. The van der Waals surface area contributed by atoms with E-state index in [1.807, 2.05) is 25.1 Å². The Morgan fingerprint density at radius 2 is 1.93 bits per heavy atom. The monoisotopic (exact) mass is 201 g/mol. The van der Waals surface area contributed by atoms with E-state index < -0.39 is 0 Å². The molecule has 0 atom stereocenters. The second kappa shape index (κ2) is 3.39. The summed E-state index contributed by atoms with van der Waals surface area (Å²) in [4.78, 5) is 4.31. The molecule has 1 nitrogen and oxygen atoms in total. The molecule has 0 aliphatic rings. The Kier molecular flexibility index (Phi) is 2.22. The van der Waals surface area contributed by atoms with Gasteiger partial charge in [0.1, 0.15) is 0 Å². The van der Waals surface area contributed by atoms with E-state index in [1.165, 1.54) is 0 Å². The molecule has 0 N–H and O–H groups in total. The zero-order valence-corrected chi connectivity index (χ0v) is 8.90. The van der Waals surface area contributed by atoms with E-state index in [9.17, 15) is 0 Å². The molecule has 1 aromatic heterocycles. The summed E-state index contributed by atoms with van der Waals surface area (Å²) in [5.74, 6) is 0. The predicted molar refractivity (Wildman–Crippen MR) is 61.3 cm³/mol. The van der Waals surface area contributed by atoms with Crippen molar-refractivity contribution in [3.8, 4) is 0 Å². The van der Waals surface area contributed by atoms with Crippen molar-refractivity contribution in [2.75, 3.05) is 0 Å². The minimum Gasteiger partial charge on any atom is -0.242 e. The Labute approximate surface area is 86.4 Å². The van der Waals surface area contributed by atoms with E-state index in [1.54, 1.807) is 11.3 Å². The molecule has 0 saturated heterocycles. The first kappa shape index (κ1) is 9.16. The molecule has 1 heterocycles. The molecule has 2 heteroatoms. The first-order valence-electron chi connectivity index (χ1n) is 4.39. The highest BCUT2D eigenvalue weighted by Crippen LogP contribution is 2.01. The van der Waals surface area contributed by atoms with Crippen LogP contribution in [0.1, 0.15) is 5.01 Å². The van der Waals surface area contributed by atoms with Crippen LogP contribution in [-0.2, 0) is 0 Å². The van der Waals surface area contributed by atoms with Crippen LogP contribution in [0.5, 0.6) is 0 Å². The molecule has 0 aliphatic carbocycles. The Morgan fingerprint density at radius 1 is 1.21 bits per heavy atom. The second-order valence-electron chi connectivity index (χ2n) is 3.17. The molecular formula is C12H11NS. The van der Waals surface area contributed by atoms with Crippen molar-refractivity contribution >= 4 is 24.5 Å². The van der Waals surface area contributed by atoms with Crippen LogP contribution in [0.2, 0.25) is 0 Å². The Morgan fingerprint density at radius 3 is 2.50 bits per heavy atom. The summed E-state index contributed by atoms with van der Waals surface area (Å²) in [6.07, 6.45) is 0. The summed E-state index contributed by atoms with van der Waals surface area (Å²) in [5, 5.41) is 4.07. The molecule has 0 saturated carbocycles. The van der Waals surface area contributed by atoms with Crippen LogP contribution in [0, 0.1) is 16.7 Å². The molecule has 2 rings (SSSR count). The molecule has 1 aromatic carbocycles. The normalized spacial score (nSPS) is 12.9. The molecule has 0 bridgehead atoms. The largest absolute Gasteiger partial charge is 0.242 e. The summed E-state index contributed by atoms with van der Waals surface area (Å²) < 4.78 is 1.13. The predicted octanol–water partition coefficient (Wildman–Crippen LogP) is 1.56. The number of benzene rings is 1. The van der Waals surface area contributed by atoms with Gasteiger partial charge in [-0.2, -0.15) is 0 Å². The van der Waals surface area contributed by atoms with Crippen molar-refractivity contribution in [2.45, 2.75) is 6.92 Å². The second-order valence-corrected chi connectivity index (χ2v) is 4.37. The van der Waals surface area contributed by atoms with Gasteiger partial charge in [-0.15, -0.1) is 11.3 Å². The smallest absolute Gasteiger partial charge is 0.0907 e. The quantitative estimate of drug-likeness (QED) is 0.630. The van der Waals surface area contributed by atoms with Gasteiger partial charge in [-0.25, -0.2) is 4.98 Å². The van der Waals surface area contributed by atoms with E-state index in [0.29, 0.717) is 0 Å². The fourth-order valence-corrected chi connectivity index (χ4v) is 2.35. The van der Waals surface area contributed by atoms with Gasteiger partial charge >= 0.3 is 0 Å². The van der Waals surface area contributed by atoms with Crippen LogP contribution < -0.4 is 10.6 Å². The lowest BCUT2D eigenvalue weighted by molar-refractivity contribution is 1.23. The van der Waals surface area contributed by atoms with Gasteiger partial charge in [0, 0.05) is 5.22 Å². The molecule has 0 amide bonds. The van der Waals surface area contributed by atoms with Crippen LogP contribution in [0.4, 0.5) is 0 Å². The van der Waals surface area contributed by atoms with Crippen molar-refractivity contribution in [3.05, 3.63) is 49.6 Å². The van der Waals surface area contributed by atoms with Crippen molar-refractivity contribution in [3.63, 3.8) is 0 Å². The number of hydrogen-bond donors (Lipinski definition) is 0. The number of thiazole rings is 1.